The molecule has 2 fully saturated rings. The Labute approximate surface area is 128 Å². The summed E-state index contributed by atoms with van der Waals surface area (Å²) in [5.41, 5.74) is 3.69. The highest BCUT2D eigenvalue weighted by molar-refractivity contribution is 5.40. The van der Waals surface area contributed by atoms with Gasteiger partial charge in [-0.15, -0.1) is 0 Å². The number of nitrogens with one attached hydrogen (secondary N) is 1. The second-order valence-electron chi connectivity index (χ2n) is 7.42. The second kappa shape index (κ2) is 5.40. The molecule has 1 aromatic carbocycles. The van der Waals surface area contributed by atoms with E-state index in [0.717, 1.165) is 5.92 Å². The van der Waals surface area contributed by atoms with Crippen LogP contribution in [-0.2, 0) is 6.42 Å². The maximum absolute atomic E-state index is 3.82. The first-order valence-corrected chi connectivity index (χ1v) is 8.87. The van der Waals surface area contributed by atoms with E-state index >= 15 is 0 Å². The van der Waals surface area contributed by atoms with E-state index in [4.69, 9.17) is 0 Å². The van der Waals surface area contributed by atoms with Crippen molar-refractivity contribution in [3.05, 3.63) is 35.4 Å². The first-order chi connectivity index (χ1) is 10.3. The predicted molar refractivity (Wildman–Crippen MR) is 87.7 cm³/mol. The maximum Gasteiger partial charge on any atom is 0.0334 e. The molecule has 2 unspecified atom stereocenters. The molecule has 1 heterocycles. The fourth-order valence-corrected chi connectivity index (χ4v) is 4.83. The van der Waals surface area contributed by atoms with Gasteiger partial charge >= 0.3 is 0 Å². The third-order valence-electron chi connectivity index (χ3n) is 6.26. The maximum atomic E-state index is 3.82. The van der Waals surface area contributed by atoms with Crippen molar-refractivity contribution in [2.45, 2.75) is 62.9 Å². The average molecular weight is 284 g/mol. The van der Waals surface area contributed by atoms with Crippen LogP contribution in [0.3, 0.4) is 0 Å². The fourth-order valence-electron chi connectivity index (χ4n) is 4.83. The van der Waals surface area contributed by atoms with Crippen LogP contribution in [0.5, 0.6) is 0 Å². The summed E-state index contributed by atoms with van der Waals surface area (Å²) in [4.78, 5) is 2.88. The van der Waals surface area contributed by atoms with Gasteiger partial charge in [0.25, 0.3) is 0 Å². The van der Waals surface area contributed by atoms with E-state index in [1.165, 1.54) is 58.2 Å². The van der Waals surface area contributed by atoms with E-state index in [2.05, 4.69) is 41.4 Å². The van der Waals surface area contributed by atoms with Crippen LogP contribution in [0.2, 0.25) is 0 Å². The van der Waals surface area contributed by atoms with Crippen LogP contribution in [0.15, 0.2) is 24.3 Å². The van der Waals surface area contributed by atoms with E-state index < -0.39 is 0 Å². The molecule has 1 spiro atoms. The molecule has 2 heteroatoms. The molecule has 1 saturated heterocycles. The Bertz CT molecular complexity index is 504. The number of fused-ring (bicyclic) bond motifs is 1. The number of hydrogen-bond acceptors (Lipinski definition) is 2. The highest BCUT2D eigenvalue weighted by Crippen LogP contribution is 2.41. The van der Waals surface area contributed by atoms with Crippen LogP contribution >= 0.6 is 0 Å². The van der Waals surface area contributed by atoms with Crippen LogP contribution in [-0.4, -0.2) is 36.1 Å². The highest BCUT2D eigenvalue weighted by Gasteiger charge is 2.44. The number of piperazine rings is 1. The molecule has 2 nitrogen and oxygen atoms in total. The molecule has 21 heavy (non-hydrogen) atoms. The number of hydrogen-bond donors (Lipinski definition) is 1. The molecule has 3 aliphatic rings. The third-order valence-corrected chi connectivity index (χ3v) is 6.26. The van der Waals surface area contributed by atoms with Crippen LogP contribution in [0, 0.1) is 0 Å². The summed E-state index contributed by atoms with van der Waals surface area (Å²) in [5.74, 6) is 0.786. The molecule has 0 amide bonds. The molecule has 2 aliphatic carbocycles. The van der Waals surface area contributed by atoms with Crippen LogP contribution < -0.4 is 5.32 Å². The molecule has 0 radical (unpaired) electrons. The van der Waals surface area contributed by atoms with Gasteiger partial charge in [0.1, 0.15) is 0 Å². The zero-order chi connectivity index (χ0) is 14.3. The summed E-state index contributed by atoms with van der Waals surface area (Å²) in [6, 6.07) is 9.76. The lowest BCUT2D eigenvalue weighted by Crippen LogP contribution is -2.64. The number of nitrogens with zero attached hydrogens (tertiary/aromatic N) is 1. The molecule has 114 valence electrons. The van der Waals surface area contributed by atoms with Gasteiger partial charge in [-0.1, -0.05) is 44.0 Å². The normalized spacial score (nSPS) is 31.1. The largest absolute Gasteiger partial charge is 0.311 e. The molecule has 1 saturated carbocycles. The third kappa shape index (κ3) is 2.33. The molecule has 1 aliphatic heterocycles. The highest BCUT2D eigenvalue weighted by atomic mass is 15.3. The van der Waals surface area contributed by atoms with E-state index in [9.17, 15) is 0 Å². The van der Waals surface area contributed by atoms with Gasteiger partial charge in [0.15, 0.2) is 0 Å². The quantitative estimate of drug-likeness (QED) is 0.916. The molecule has 1 N–H and O–H groups in total. The van der Waals surface area contributed by atoms with E-state index in [-0.39, 0.29) is 0 Å². The van der Waals surface area contributed by atoms with Gasteiger partial charge in [-0.05, 0) is 36.8 Å². The fraction of sp³-hybridized carbons (Fsp3) is 0.684. The van der Waals surface area contributed by atoms with E-state index in [0.29, 0.717) is 11.6 Å². The predicted octanol–water partition coefficient (Wildman–Crippen LogP) is 3.32. The van der Waals surface area contributed by atoms with Crippen molar-refractivity contribution in [1.82, 2.24) is 10.2 Å². The topological polar surface area (TPSA) is 15.3 Å². The van der Waals surface area contributed by atoms with Gasteiger partial charge in [0.2, 0.25) is 0 Å². The summed E-state index contributed by atoms with van der Waals surface area (Å²) in [7, 11) is 0. The van der Waals surface area contributed by atoms with Gasteiger partial charge in [0, 0.05) is 37.1 Å². The summed E-state index contributed by atoms with van der Waals surface area (Å²) < 4.78 is 0. The number of benzene rings is 1. The van der Waals surface area contributed by atoms with Crippen LogP contribution in [0.4, 0.5) is 0 Å². The standard InChI is InChI=1S/C19H28N2/c1-2-17-13-21(19(14-20-17)9-5-6-10-19)12-16-11-15-7-3-4-8-18(15)16/h3-4,7-8,16-17,20H,2,5-6,9-14H2,1H3. The minimum atomic E-state index is 0.482. The first kappa shape index (κ1) is 13.8. The van der Waals surface area contributed by atoms with Crippen molar-refractivity contribution >= 4 is 0 Å². The Morgan fingerprint density at radius 3 is 2.81 bits per heavy atom. The van der Waals surface area contributed by atoms with Gasteiger partial charge < -0.3 is 5.32 Å². The van der Waals surface area contributed by atoms with Crippen molar-refractivity contribution in [2.75, 3.05) is 19.6 Å². The average Bonchev–Trinajstić information content (AvgIpc) is 2.96. The van der Waals surface area contributed by atoms with Crippen molar-refractivity contribution in [3.63, 3.8) is 0 Å². The lowest BCUT2D eigenvalue weighted by Gasteiger charge is -2.50. The SMILES string of the molecule is CCC1CN(CC2Cc3ccccc32)C2(CCCC2)CN1. The van der Waals surface area contributed by atoms with E-state index in [1.807, 2.05) is 0 Å². The Hall–Kier alpha value is -0.860. The summed E-state index contributed by atoms with van der Waals surface area (Å²) >= 11 is 0. The molecule has 4 rings (SSSR count). The van der Waals surface area contributed by atoms with Crippen LogP contribution in [0.25, 0.3) is 0 Å². The number of rotatable bonds is 3. The Morgan fingerprint density at radius 2 is 2.05 bits per heavy atom. The van der Waals surface area contributed by atoms with E-state index in [1.54, 1.807) is 11.1 Å². The zero-order valence-electron chi connectivity index (χ0n) is 13.3. The molecular weight excluding hydrogens is 256 g/mol. The first-order valence-electron chi connectivity index (χ1n) is 8.87. The van der Waals surface area contributed by atoms with Crippen LogP contribution in [0.1, 0.15) is 56.1 Å². The van der Waals surface area contributed by atoms with Gasteiger partial charge in [0.05, 0.1) is 0 Å². The zero-order valence-corrected chi connectivity index (χ0v) is 13.3. The Morgan fingerprint density at radius 1 is 1.24 bits per heavy atom. The molecular formula is C19H28N2. The monoisotopic (exact) mass is 284 g/mol. The lowest BCUT2D eigenvalue weighted by atomic mass is 9.76. The smallest absolute Gasteiger partial charge is 0.0334 e. The van der Waals surface area contributed by atoms with Crippen molar-refractivity contribution in [3.8, 4) is 0 Å². The molecule has 0 bridgehead atoms. The molecule has 1 aromatic rings. The summed E-state index contributed by atoms with van der Waals surface area (Å²) in [6.45, 7) is 6.09. The Kier molecular flexibility index (Phi) is 3.55. The molecule has 0 aromatic heterocycles. The van der Waals surface area contributed by atoms with Gasteiger partial charge in [-0.2, -0.15) is 0 Å². The van der Waals surface area contributed by atoms with Crippen molar-refractivity contribution in [2.24, 2.45) is 0 Å². The van der Waals surface area contributed by atoms with Crippen molar-refractivity contribution in [1.29, 1.82) is 0 Å². The van der Waals surface area contributed by atoms with Crippen molar-refractivity contribution < 1.29 is 0 Å². The minimum absolute atomic E-state index is 0.482. The molecule has 2 atom stereocenters. The lowest BCUT2D eigenvalue weighted by molar-refractivity contribution is 0.0346. The summed E-state index contributed by atoms with van der Waals surface area (Å²) in [5, 5.41) is 3.82. The minimum Gasteiger partial charge on any atom is -0.311 e. The van der Waals surface area contributed by atoms with Gasteiger partial charge in [-0.3, -0.25) is 4.90 Å². The summed E-state index contributed by atoms with van der Waals surface area (Å²) in [6.07, 6.45) is 8.23. The Balaban J connectivity index is 1.51. The van der Waals surface area contributed by atoms with Gasteiger partial charge in [-0.25, -0.2) is 0 Å². The second-order valence-corrected chi connectivity index (χ2v) is 7.42.